The van der Waals surface area contributed by atoms with Crippen LogP contribution >= 0.6 is 0 Å². The van der Waals surface area contributed by atoms with E-state index < -0.39 is 0 Å². The number of benzene rings is 2. The van der Waals surface area contributed by atoms with Gasteiger partial charge in [0.15, 0.2) is 5.82 Å². The third-order valence-corrected chi connectivity index (χ3v) is 4.70. The van der Waals surface area contributed by atoms with Gasteiger partial charge in [0.05, 0.1) is 24.5 Å². The minimum absolute atomic E-state index is 0.472. The molecule has 1 aliphatic heterocycles. The van der Waals surface area contributed by atoms with Crippen molar-refractivity contribution in [2.75, 3.05) is 31.2 Å². The molecule has 1 aromatic heterocycles. The summed E-state index contributed by atoms with van der Waals surface area (Å²) in [5.74, 6) is 1.27. The molecule has 0 aliphatic carbocycles. The van der Waals surface area contributed by atoms with Gasteiger partial charge in [-0.1, -0.05) is 48.0 Å². The molecule has 1 aliphatic rings. The molecule has 0 unspecified atom stereocenters. The van der Waals surface area contributed by atoms with Gasteiger partial charge in [-0.3, -0.25) is 4.57 Å². The monoisotopic (exact) mass is 371 g/mol. The number of aryl methyl sites for hydroxylation is 1. The molecule has 1 saturated heterocycles. The Morgan fingerprint density at radius 3 is 2.43 bits per heavy atom. The second-order valence-electron chi connectivity index (χ2n) is 6.67. The smallest absolute Gasteiger partial charge is 0.232 e. The fourth-order valence-electron chi connectivity index (χ4n) is 3.21. The van der Waals surface area contributed by atoms with Crippen LogP contribution in [0.1, 0.15) is 17.0 Å². The summed E-state index contributed by atoms with van der Waals surface area (Å²) in [5, 5.41) is 18.7. The maximum Gasteiger partial charge on any atom is 0.232 e. The van der Waals surface area contributed by atoms with Crippen LogP contribution in [0.15, 0.2) is 54.6 Å². The van der Waals surface area contributed by atoms with Crippen LogP contribution < -0.4 is 4.90 Å². The average Bonchev–Trinajstić information content (AvgIpc) is 3.19. The molecule has 0 atom stereocenters. The van der Waals surface area contributed by atoms with Gasteiger partial charge in [0.1, 0.15) is 6.07 Å². The summed E-state index contributed by atoms with van der Waals surface area (Å²) in [7, 11) is 0. The topological polar surface area (TPSA) is 67.0 Å². The van der Waals surface area contributed by atoms with Crippen molar-refractivity contribution in [2.45, 2.75) is 6.92 Å². The highest BCUT2D eigenvalue weighted by Crippen LogP contribution is 2.26. The second-order valence-corrected chi connectivity index (χ2v) is 6.67. The second kappa shape index (κ2) is 8.07. The van der Waals surface area contributed by atoms with Crippen molar-refractivity contribution >= 4 is 17.6 Å². The van der Waals surface area contributed by atoms with E-state index in [2.05, 4.69) is 21.2 Å². The fraction of sp³-hybridized carbons (Fsp3) is 0.227. The Kier molecular flexibility index (Phi) is 5.18. The molecule has 0 radical (unpaired) electrons. The fourth-order valence-corrected chi connectivity index (χ4v) is 3.21. The van der Waals surface area contributed by atoms with Gasteiger partial charge in [-0.25, -0.2) is 0 Å². The van der Waals surface area contributed by atoms with E-state index in [9.17, 15) is 5.26 Å². The first-order valence-corrected chi connectivity index (χ1v) is 9.28. The zero-order valence-corrected chi connectivity index (χ0v) is 15.7. The summed E-state index contributed by atoms with van der Waals surface area (Å²) in [6.45, 7) is 4.84. The summed E-state index contributed by atoms with van der Waals surface area (Å²) >= 11 is 0. The molecular formula is C22H21N5O. The van der Waals surface area contributed by atoms with Crippen LogP contribution in [0.25, 0.3) is 17.3 Å². The SMILES string of the molecule is Cc1ccc(/C=C(\C#N)c2nnc(N3CCOCC3)n2-c2ccccc2)cc1. The quantitative estimate of drug-likeness (QED) is 0.657. The number of nitrogens with zero attached hydrogens (tertiary/aromatic N) is 5. The van der Waals surface area contributed by atoms with Crippen LogP contribution in [0.4, 0.5) is 5.95 Å². The van der Waals surface area contributed by atoms with Crippen LogP contribution in [0, 0.1) is 18.3 Å². The number of nitriles is 1. The van der Waals surface area contributed by atoms with Gasteiger partial charge in [-0.2, -0.15) is 5.26 Å². The van der Waals surface area contributed by atoms with E-state index >= 15 is 0 Å². The lowest BCUT2D eigenvalue weighted by Gasteiger charge is -2.28. The van der Waals surface area contributed by atoms with E-state index in [0.29, 0.717) is 24.6 Å². The molecule has 3 aromatic rings. The van der Waals surface area contributed by atoms with Crippen molar-refractivity contribution < 1.29 is 4.74 Å². The van der Waals surface area contributed by atoms with Gasteiger partial charge in [-0.05, 0) is 30.7 Å². The normalized spacial score (nSPS) is 14.7. The Morgan fingerprint density at radius 1 is 1.04 bits per heavy atom. The van der Waals surface area contributed by atoms with Gasteiger partial charge in [0.25, 0.3) is 0 Å². The number of hydrogen-bond acceptors (Lipinski definition) is 5. The number of ether oxygens (including phenoxy) is 1. The van der Waals surface area contributed by atoms with Crippen LogP contribution in [-0.2, 0) is 4.74 Å². The van der Waals surface area contributed by atoms with E-state index in [0.717, 1.165) is 30.3 Å². The number of hydrogen-bond donors (Lipinski definition) is 0. The lowest BCUT2D eigenvalue weighted by Crippen LogP contribution is -2.38. The van der Waals surface area contributed by atoms with Crippen molar-refractivity contribution in [1.29, 1.82) is 5.26 Å². The number of aromatic nitrogens is 3. The van der Waals surface area contributed by atoms with Crippen molar-refractivity contribution in [3.8, 4) is 11.8 Å². The molecule has 4 rings (SSSR count). The van der Waals surface area contributed by atoms with E-state index in [4.69, 9.17) is 4.74 Å². The van der Waals surface area contributed by atoms with Crippen LogP contribution in [0.3, 0.4) is 0 Å². The number of morpholine rings is 1. The number of allylic oxidation sites excluding steroid dienone is 1. The highest BCUT2D eigenvalue weighted by Gasteiger charge is 2.23. The third-order valence-electron chi connectivity index (χ3n) is 4.70. The molecule has 28 heavy (non-hydrogen) atoms. The van der Waals surface area contributed by atoms with Crippen molar-refractivity contribution in [2.24, 2.45) is 0 Å². The number of para-hydroxylation sites is 1. The van der Waals surface area contributed by atoms with E-state index in [1.54, 1.807) is 0 Å². The largest absolute Gasteiger partial charge is 0.378 e. The standard InChI is InChI=1S/C22H21N5O/c1-17-7-9-18(10-8-17)15-19(16-23)21-24-25-22(26-11-13-28-14-12-26)27(21)20-5-3-2-4-6-20/h2-10,15H,11-14H2,1H3/b19-15+. The Balaban J connectivity index is 1.82. The lowest BCUT2D eigenvalue weighted by molar-refractivity contribution is 0.122. The zero-order chi connectivity index (χ0) is 19.3. The van der Waals surface area contributed by atoms with Crippen LogP contribution in [0.2, 0.25) is 0 Å². The van der Waals surface area contributed by atoms with Gasteiger partial charge in [0.2, 0.25) is 5.95 Å². The Hall–Kier alpha value is -3.43. The summed E-state index contributed by atoms with van der Waals surface area (Å²) in [6.07, 6.45) is 1.85. The Bertz CT molecular complexity index is 1010. The first-order valence-electron chi connectivity index (χ1n) is 9.28. The van der Waals surface area contributed by atoms with Gasteiger partial charge < -0.3 is 9.64 Å². The summed E-state index contributed by atoms with van der Waals surface area (Å²) in [5.41, 5.74) is 3.53. The molecule has 0 bridgehead atoms. The summed E-state index contributed by atoms with van der Waals surface area (Å²) in [6, 6.07) is 20.3. The summed E-state index contributed by atoms with van der Waals surface area (Å²) < 4.78 is 7.42. The first-order chi connectivity index (χ1) is 13.8. The predicted molar refractivity (Wildman–Crippen MR) is 109 cm³/mol. The molecule has 6 heteroatoms. The van der Waals surface area contributed by atoms with E-state index in [1.165, 1.54) is 5.56 Å². The minimum atomic E-state index is 0.472. The first kappa shape index (κ1) is 18.0. The number of rotatable bonds is 4. The third kappa shape index (κ3) is 3.66. The van der Waals surface area contributed by atoms with Crippen LogP contribution in [-0.4, -0.2) is 41.1 Å². The maximum absolute atomic E-state index is 9.85. The molecule has 2 heterocycles. The maximum atomic E-state index is 9.85. The molecule has 2 aromatic carbocycles. The lowest BCUT2D eigenvalue weighted by atomic mass is 10.1. The van der Waals surface area contributed by atoms with E-state index in [1.807, 2.05) is 72.2 Å². The molecule has 0 amide bonds. The molecular weight excluding hydrogens is 350 g/mol. The molecule has 0 spiro atoms. The molecule has 140 valence electrons. The highest BCUT2D eigenvalue weighted by molar-refractivity contribution is 5.88. The summed E-state index contributed by atoms with van der Waals surface area (Å²) in [4.78, 5) is 2.15. The van der Waals surface area contributed by atoms with Crippen molar-refractivity contribution in [3.63, 3.8) is 0 Å². The van der Waals surface area contributed by atoms with Gasteiger partial charge in [0, 0.05) is 13.1 Å². The van der Waals surface area contributed by atoms with Crippen molar-refractivity contribution in [1.82, 2.24) is 14.8 Å². The Morgan fingerprint density at radius 2 is 1.75 bits per heavy atom. The van der Waals surface area contributed by atoms with Gasteiger partial charge in [-0.15, -0.1) is 10.2 Å². The minimum Gasteiger partial charge on any atom is -0.378 e. The van der Waals surface area contributed by atoms with Crippen molar-refractivity contribution in [3.05, 3.63) is 71.5 Å². The molecule has 0 saturated carbocycles. The van der Waals surface area contributed by atoms with Crippen LogP contribution in [0.5, 0.6) is 0 Å². The highest BCUT2D eigenvalue weighted by atomic mass is 16.5. The zero-order valence-electron chi connectivity index (χ0n) is 15.7. The molecule has 0 N–H and O–H groups in total. The molecule has 1 fully saturated rings. The Labute approximate surface area is 164 Å². The van der Waals surface area contributed by atoms with E-state index in [-0.39, 0.29) is 0 Å². The number of anilines is 1. The van der Waals surface area contributed by atoms with Gasteiger partial charge >= 0.3 is 0 Å². The predicted octanol–water partition coefficient (Wildman–Crippen LogP) is 3.48. The molecule has 6 nitrogen and oxygen atoms in total. The average molecular weight is 371 g/mol.